The number of hydrogen-bond acceptors (Lipinski definition) is 3. The van der Waals surface area contributed by atoms with Gasteiger partial charge >= 0.3 is 0 Å². The molecule has 0 aliphatic rings. The highest BCUT2D eigenvalue weighted by Crippen LogP contribution is 2.49. The summed E-state index contributed by atoms with van der Waals surface area (Å²) in [5.41, 5.74) is 14.3. The number of aryl methyl sites for hydroxylation is 2. The molecule has 3 heterocycles. The second kappa shape index (κ2) is 13.8. The van der Waals surface area contributed by atoms with E-state index in [-0.39, 0.29) is 0 Å². The fourth-order valence-electron chi connectivity index (χ4n) is 9.44. The Morgan fingerprint density at radius 1 is 0.383 bits per heavy atom. The predicted molar refractivity (Wildman–Crippen MR) is 262 cm³/mol. The highest BCUT2D eigenvalue weighted by atomic mass is 32.1. The van der Waals surface area contributed by atoms with Crippen molar-refractivity contribution in [3.63, 3.8) is 0 Å². The van der Waals surface area contributed by atoms with E-state index in [4.69, 9.17) is 0 Å². The lowest BCUT2D eigenvalue weighted by atomic mass is 9.99. The van der Waals surface area contributed by atoms with Crippen molar-refractivity contribution in [2.75, 3.05) is 4.90 Å². The van der Waals surface area contributed by atoms with Crippen molar-refractivity contribution in [2.24, 2.45) is 0 Å². The van der Waals surface area contributed by atoms with Crippen LogP contribution in [0.4, 0.5) is 17.1 Å². The Labute approximate surface area is 356 Å². The van der Waals surface area contributed by atoms with E-state index >= 15 is 0 Å². The summed E-state index contributed by atoms with van der Waals surface area (Å²) in [5, 5.41) is 7.66. The van der Waals surface area contributed by atoms with Crippen molar-refractivity contribution < 1.29 is 0 Å². The van der Waals surface area contributed by atoms with Crippen LogP contribution in [0, 0.1) is 13.8 Å². The molecular weight excluding hydrogens is 765 g/mol. The molecule has 0 unspecified atom stereocenters. The summed E-state index contributed by atoms with van der Waals surface area (Å²) >= 11 is 3.74. The Balaban J connectivity index is 1.10. The lowest BCUT2D eigenvalue weighted by molar-refractivity contribution is 1.18. The molecule has 0 spiro atoms. The predicted octanol–water partition coefficient (Wildman–Crippen LogP) is 16.9. The minimum absolute atomic E-state index is 1.11. The average Bonchev–Trinajstić information content (AvgIpc) is 3.96. The smallest absolute Gasteiger partial charge is 0.0640 e. The van der Waals surface area contributed by atoms with E-state index in [1.165, 1.54) is 101 Å². The van der Waals surface area contributed by atoms with E-state index in [2.05, 4.69) is 217 Å². The van der Waals surface area contributed by atoms with Gasteiger partial charge in [0.1, 0.15) is 0 Å². The van der Waals surface area contributed by atoms with E-state index in [1.807, 2.05) is 22.7 Å². The van der Waals surface area contributed by atoms with Crippen molar-refractivity contribution in [1.82, 2.24) is 4.57 Å². The zero-order valence-corrected chi connectivity index (χ0v) is 34.8. The molecule has 0 atom stereocenters. The molecule has 2 nitrogen and oxygen atoms in total. The zero-order valence-electron chi connectivity index (χ0n) is 33.2. The fourth-order valence-corrected chi connectivity index (χ4v) is 11.7. The summed E-state index contributed by atoms with van der Waals surface area (Å²) in [7, 11) is 0. The summed E-state index contributed by atoms with van der Waals surface area (Å²) in [5.74, 6) is 0. The number of thiophene rings is 2. The van der Waals surface area contributed by atoms with Gasteiger partial charge in [-0.25, -0.2) is 0 Å². The molecule has 4 heteroatoms. The van der Waals surface area contributed by atoms with Crippen LogP contribution in [-0.4, -0.2) is 4.57 Å². The van der Waals surface area contributed by atoms with Gasteiger partial charge in [-0.3, -0.25) is 0 Å². The molecule has 0 N–H and O–H groups in total. The molecule has 0 bridgehead atoms. The Morgan fingerprint density at radius 2 is 1.00 bits per heavy atom. The lowest BCUT2D eigenvalue weighted by Crippen LogP contribution is -2.11. The molecule has 0 aliphatic heterocycles. The Bertz CT molecular complexity index is 3620. The SMILES string of the molecule is Cc1cc(C)cc(-c2ccc(-n3c4ccccc4c4ccc(N(c5ccccc5-c5ccc6sc7ccccc7c6c5)c5cccc6c5sc5ccccc56)cc43)cc2)c1. The lowest BCUT2D eigenvalue weighted by Gasteiger charge is -2.28. The maximum Gasteiger partial charge on any atom is 0.0640 e. The monoisotopic (exact) mass is 802 g/mol. The Kier molecular flexibility index (Phi) is 8.06. The molecule has 0 saturated heterocycles. The maximum absolute atomic E-state index is 2.51. The van der Waals surface area contributed by atoms with Gasteiger partial charge in [0.25, 0.3) is 0 Å². The quantitative estimate of drug-likeness (QED) is 0.163. The van der Waals surface area contributed by atoms with Crippen LogP contribution in [0.3, 0.4) is 0 Å². The number of fused-ring (bicyclic) bond motifs is 9. The van der Waals surface area contributed by atoms with Crippen LogP contribution < -0.4 is 4.90 Å². The third kappa shape index (κ3) is 5.60. The van der Waals surface area contributed by atoms with E-state index in [9.17, 15) is 0 Å². The van der Waals surface area contributed by atoms with Crippen LogP contribution in [0.1, 0.15) is 11.1 Å². The number of nitrogens with zero attached hydrogens (tertiary/aromatic N) is 2. The van der Waals surface area contributed by atoms with Crippen LogP contribution in [-0.2, 0) is 0 Å². The molecule has 284 valence electrons. The number of hydrogen-bond donors (Lipinski definition) is 0. The third-order valence-corrected chi connectivity index (χ3v) is 14.4. The van der Waals surface area contributed by atoms with Gasteiger partial charge in [0.15, 0.2) is 0 Å². The second-order valence-corrected chi connectivity index (χ2v) is 18.0. The minimum Gasteiger partial charge on any atom is -0.309 e. The molecular formula is C56H38N2S2. The standard InChI is InChI=1S/C56H38N2S2/c1-35-30-36(2)32-39(31-35)37-22-25-40(26-23-37)57-50-18-8-4-13-43(50)44-28-27-41(34-52(44)57)58(51-19-11-16-47-45-14-5-10-21-54(45)60-56(47)51)49-17-7-3-12-42(49)38-24-29-55-48(33-38)46-15-6-9-20-53(46)59-55/h3-34H,1-2H3. The summed E-state index contributed by atoms with van der Waals surface area (Å²) in [6.45, 7) is 4.35. The molecule has 12 aromatic rings. The number of anilines is 3. The zero-order chi connectivity index (χ0) is 39.9. The Hall–Kier alpha value is -6.98. The van der Waals surface area contributed by atoms with Crippen LogP contribution in [0.5, 0.6) is 0 Å². The van der Waals surface area contributed by atoms with Gasteiger partial charge in [-0.1, -0.05) is 139 Å². The first kappa shape index (κ1) is 35.0. The number of rotatable bonds is 6. The number of aromatic nitrogens is 1. The van der Waals surface area contributed by atoms with Crippen molar-refractivity contribution in [1.29, 1.82) is 0 Å². The Morgan fingerprint density at radius 3 is 1.82 bits per heavy atom. The normalized spacial score (nSPS) is 11.8. The highest BCUT2D eigenvalue weighted by molar-refractivity contribution is 7.26. The molecule has 12 rings (SSSR count). The van der Waals surface area contributed by atoms with Crippen LogP contribution in [0.15, 0.2) is 194 Å². The van der Waals surface area contributed by atoms with Gasteiger partial charge < -0.3 is 9.47 Å². The first-order chi connectivity index (χ1) is 29.6. The second-order valence-electron chi connectivity index (χ2n) is 15.9. The van der Waals surface area contributed by atoms with Gasteiger partial charge in [0.2, 0.25) is 0 Å². The molecule has 9 aromatic carbocycles. The van der Waals surface area contributed by atoms with Crippen molar-refractivity contribution in [3.05, 3.63) is 205 Å². The van der Waals surface area contributed by atoms with Gasteiger partial charge in [-0.15, -0.1) is 22.7 Å². The van der Waals surface area contributed by atoms with Gasteiger partial charge in [-0.2, -0.15) is 0 Å². The molecule has 3 aromatic heterocycles. The third-order valence-electron chi connectivity index (χ3n) is 12.1. The number of benzene rings is 9. The van der Waals surface area contributed by atoms with Crippen LogP contribution in [0.2, 0.25) is 0 Å². The van der Waals surface area contributed by atoms with E-state index in [0.29, 0.717) is 0 Å². The van der Waals surface area contributed by atoms with E-state index < -0.39 is 0 Å². The summed E-state index contributed by atoms with van der Waals surface area (Å²) < 4.78 is 7.64. The largest absolute Gasteiger partial charge is 0.309 e. The fraction of sp³-hybridized carbons (Fsp3) is 0.0357. The average molecular weight is 803 g/mol. The minimum atomic E-state index is 1.11. The van der Waals surface area contributed by atoms with E-state index in [0.717, 1.165) is 17.1 Å². The molecule has 0 saturated carbocycles. The molecule has 60 heavy (non-hydrogen) atoms. The maximum atomic E-state index is 2.51. The molecule has 0 fully saturated rings. The van der Waals surface area contributed by atoms with Crippen molar-refractivity contribution in [2.45, 2.75) is 13.8 Å². The molecule has 0 amide bonds. The van der Waals surface area contributed by atoms with Crippen LogP contribution >= 0.6 is 22.7 Å². The van der Waals surface area contributed by atoms with Gasteiger partial charge in [-0.05, 0) is 97.3 Å². The summed E-state index contributed by atoms with van der Waals surface area (Å²) in [6, 6.07) is 72.1. The first-order valence-electron chi connectivity index (χ1n) is 20.5. The van der Waals surface area contributed by atoms with Crippen molar-refractivity contribution in [3.8, 4) is 27.9 Å². The molecule has 0 aliphatic carbocycles. The summed E-state index contributed by atoms with van der Waals surface area (Å²) in [4.78, 5) is 2.51. The van der Waals surface area contributed by atoms with Crippen LogP contribution in [0.25, 0.3) is 90.1 Å². The summed E-state index contributed by atoms with van der Waals surface area (Å²) in [6.07, 6.45) is 0. The molecule has 0 radical (unpaired) electrons. The van der Waals surface area contributed by atoms with Crippen molar-refractivity contribution >= 4 is 102 Å². The number of para-hydroxylation sites is 2. The topological polar surface area (TPSA) is 8.17 Å². The first-order valence-corrected chi connectivity index (χ1v) is 22.1. The van der Waals surface area contributed by atoms with Gasteiger partial charge in [0.05, 0.1) is 27.1 Å². The highest BCUT2D eigenvalue weighted by Gasteiger charge is 2.23. The van der Waals surface area contributed by atoms with E-state index in [1.54, 1.807) is 0 Å². The van der Waals surface area contributed by atoms with Gasteiger partial charge in [0, 0.05) is 63.4 Å².